The molecule has 0 heterocycles. The van der Waals surface area contributed by atoms with E-state index in [9.17, 15) is 23.3 Å². The number of aryl methyl sites for hydroxylation is 3. The van der Waals surface area contributed by atoms with E-state index in [1.54, 1.807) is 6.92 Å². The number of carbonyl (C=O) groups is 1. The molecule has 162 valence electrons. The Morgan fingerprint density at radius 2 is 1.80 bits per heavy atom. The molecule has 2 rings (SSSR count). The molecule has 9 heteroatoms. The molecule has 0 radical (unpaired) electrons. The molecule has 1 atom stereocenters. The Labute approximate surface area is 177 Å². The van der Waals surface area contributed by atoms with Crippen molar-refractivity contribution in [2.75, 3.05) is 17.1 Å². The highest BCUT2D eigenvalue weighted by Gasteiger charge is 2.31. The minimum atomic E-state index is -3.85. The number of anilines is 1. The summed E-state index contributed by atoms with van der Waals surface area (Å²) in [5.41, 5.74) is 2.74. The molecule has 0 bridgehead atoms. The van der Waals surface area contributed by atoms with Crippen LogP contribution in [0.3, 0.4) is 0 Å². The number of amides is 1. The first-order valence-electron chi connectivity index (χ1n) is 9.58. The lowest BCUT2D eigenvalue weighted by Gasteiger charge is -2.29. The molecule has 0 aliphatic heterocycles. The van der Waals surface area contributed by atoms with E-state index >= 15 is 0 Å². The lowest BCUT2D eigenvalue weighted by Crippen LogP contribution is -2.48. The topological polar surface area (TPSA) is 110 Å². The van der Waals surface area contributed by atoms with Gasteiger partial charge in [-0.1, -0.05) is 35.9 Å². The molecule has 2 aromatic rings. The molecule has 0 aliphatic carbocycles. The third-order valence-corrected chi connectivity index (χ3v) is 6.02. The summed E-state index contributed by atoms with van der Waals surface area (Å²) in [7, 11) is -3.85. The number of carbonyl (C=O) groups excluding carboxylic acids is 1. The van der Waals surface area contributed by atoms with Crippen LogP contribution < -0.4 is 9.62 Å². The van der Waals surface area contributed by atoms with Gasteiger partial charge in [0.05, 0.1) is 16.9 Å². The number of nitro groups is 1. The average Bonchev–Trinajstić information content (AvgIpc) is 2.66. The first-order chi connectivity index (χ1) is 14.0. The molecule has 0 saturated carbocycles. The second-order valence-corrected chi connectivity index (χ2v) is 9.20. The van der Waals surface area contributed by atoms with Crippen molar-refractivity contribution in [1.29, 1.82) is 0 Å². The zero-order chi connectivity index (χ0) is 22.5. The first kappa shape index (κ1) is 23.3. The lowest BCUT2D eigenvalue weighted by molar-refractivity contribution is -0.384. The number of benzene rings is 2. The van der Waals surface area contributed by atoms with Gasteiger partial charge in [0.2, 0.25) is 15.9 Å². The zero-order valence-electron chi connectivity index (χ0n) is 17.6. The summed E-state index contributed by atoms with van der Waals surface area (Å²) in [6.07, 6.45) is 2.47. The van der Waals surface area contributed by atoms with Crippen molar-refractivity contribution in [2.24, 2.45) is 0 Å². The molecule has 0 spiro atoms. The number of non-ortho nitro benzene ring substituents is 1. The van der Waals surface area contributed by atoms with Gasteiger partial charge in [0, 0.05) is 18.7 Å². The van der Waals surface area contributed by atoms with Crippen LogP contribution in [0.4, 0.5) is 11.4 Å². The van der Waals surface area contributed by atoms with E-state index in [1.165, 1.54) is 30.7 Å². The molecule has 1 N–H and O–H groups in total. The molecule has 0 saturated heterocycles. The summed E-state index contributed by atoms with van der Waals surface area (Å²) in [5, 5.41) is 13.9. The van der Waals surface area contributed by atoms with Crippen molar-refractivity contribution in [3.8, 4) is 0 Å². The zero-order valence-corrected chi connectivity index (χ0v) is 18.4. The van der Waals surface area contributed by atoms with Crippen molar-refractivity contribution in [1.82, 2.24) is 5.32 Å². The SMILES string of the molecule is Cc1ccc(CCCNC(=O)[C@H](C)N(c2cc([N+](=O)[O-])ccc2C)S(C)(=O)=O)cc1. The van der Waals surface area contributed by atoms with Crippen molar-refractivity contribution >= 4 is 27.3 Å². The second kappa shape index (κ2) is 9.71. The smallest absolute Gasteiger partial charge is 0.271 e. The Morgan fingerprint density at radius 3 is 2.37 bits per heavy atom. The van der Waals surface area contributed by atoms with Crippen LogP contribution in [-0.4, -0.2) is 38.1 Å². The summed E-state index contributed by atoms with van der Waals surface area (Å²) in [6.45, 7) is 5.52. The summed E-state index contributed by atoms with van der Waals surface area (Å²) in [4.78, 5) is 23.2. The number of nitrogens with one attached hydrogen (secondary N) is 1. The van der Waals surface area contributed by atoms with Crippen LogP contribution in [0.1, 0.15) is 30.0 Å². The summed E-state index contributed by atoms with van der Waals surface area (Å²) in [6, 6.07) is 11.0. The van der Waals surface area contributed by atoms with Crippen molar-refractivity contribution in [2.45, 2.75) is 39.7 Å². The highest BCUT2D eigenvalue weighted by atomic mass is 32.2. The first-order valence-corrected chi connectivity index (χ1v) is 11.4. The van der Waals surface area contributed by atoms with Gasteiger partial charge in [-0.2, -0.15) is 0 Å². The molecule has 0 unspecified atom stereocenters. The van der Waals surface area contributed by atoms with Gasteiger partial charge < -0.3 is 5.32 Å². The van der Waals surface area contributed by atoms with Gasteiger partial charge in [-0.25, -0.2) is 8.42 Å². The van der Waals surface area contributed by atoms with Crippen LogP contribution in [-0.2, 0) is 21.2 Å². The predicted molar refractivity (Wildman–Crippen MR) is 117 cm³/mol. The quantitative estimate of drug-likeness (QED) is 0.371. The third-order valence-electron chi connectivity index (χ3n) is 4.79. The van der Waals surface area contributed by atoms with Crippen LogP contribution in [0.5, 0.6) is 0 Å². The van der Waals surface area contributed by atoms with Crippen LogP contribution in [0.2, 0.25) is 0 Å². The number of hydrogen-bond donors (Lipinski definition) is 1. The van der Waals surface area contributed by atoms with E-state index in [-0.39, 0.29) is 11.4 Å². The molecule has 1 amide bonds. The number of hydrogen-bond acceptors (Lipinski definition) is 5. The van der Waals surface area contributed by atoms with Crippen LogP contribution in [0.15, 0.2) is 42.5 Å². The van der Waals surface area contributed by atoms with E-state index < -0.39 is 26.9 Å². The van der Waals surface area contributed by atoms with Crippen LogP contribution in [0.25, 0.3) is 0 Å². The Hall–Kier alpha value is -2.94. The molecular weight excluding hydrogens is 406 g/mol. The maximum absolute atomic E-state index is 12.6. The minimum absolute atomic E-state index is 0.119. The molecule has 0 aromatic heterocycles. The predicted octanol–water partition coefficient (Wildman–Crippen LogP) is 3.12. The van der Waals surface area contributed by atoms with Gasteiger partial charge in [-0.05, 0) is 44.7 Å². The monoisotopic (exact) mass is 433 g/mol. The van der Waals surface area contributed by atoms with Gasteiger partial charge >= 0.3 is 0 Å². The molecule has 0 aliphatic rings. The van der Waals surface area contributed by atoms with Gasteiger partial charge in [0.15, 0.2) is 0 Å². The number of nitrogens with zero attached hydrogens (tertiary/aromatic N) is 2. The number of nitro benzene ring substituents is 1. The average molecular weight is 434 g/mol. The third kappa shape index (κ3) is 6.03. The maximum Gasteiger partial charge on any atom is 0.271 e. The van der Waals surface area contributed by atoms with E-state index in [1.807, 2.05) is 31.2 Å². The van der Waals surface area contributed by atoms with Crippen molar-refractivity contribution < 1.29 is 18.1 Å². The molecule has 30 heavy (non-hydrogen) atoms. The van der Waals surface area contributed by atoms with Gasteiger partial charge in [-0.3, -0.25) is 19.2 Å². The van der Waals surface area contributed by atoms with Gasteiger partial charge in [0.25, 0.3) is 5.69 Å². The van der Waals surface area contributed by atoms with E-state index in [2.05, 4.69) is 5.32 Å². The highest BCUT2D eigenvalue weighted by Crippen LogP contribution is 2.29. The molecule has 0 fully saturated rings. The Balaban J connectivity index is 2.10. The molecule has 8 nitrogen and oxygen atoms in total. The van der Waals surface area contributed by atoms with Gasteiger partial charge in [0.1, 0.15) is 6.04 Å². The summed E-state index contributed by atoms with van der Waals surface area (Å²) in [5.74, 6) is -0.463. The fourth-order valence-corrected chi connectivity index (χ4v) is 4.36. The van der Waals surface area contributed by atoms with E-state index in [4.69, 9.17) is 0 Å². The van der Waals surface area contributed by atoms with Crippen molar-refractivity contribution in [3.05, 3.63) is 69.3 Å². The Morgan fingerprint density at radius 1 is 1.17 bits per heavy atom. The minimum Gasteiger partial charge on any atom is -0.354 e. The summed E-state index contributed by atoms with van der Waals surface area (Å²) >= 11 is 0. The normalized spacial score (nSPS) is 12.3. The number of sulfonamides is 1. The number of rotatable bonds is 9. The van der Waals surface area contributed by atoms with E-state index in [0.717, 1.165) is 22.5 Å². The van der Waals surface area contributed by atoms with Crippen LogP contribution in [0, 0.1) is 24.0 Å². The fraction of sp³-hybridized carbons (Fsp3) is 0.381. The molecule has 2 aromatic carbocycles. The largest absolute Gasteiger partial charge is 0.354 e. The highest BCUT2D eigenvalue weighted by molar-refractivity contribution is 7.92. The van der Waals surface area contributed by atoms with E-state index in [0.29, 0.717) is 18.5 Å². The van der Waals surface area contributed by atoms with Crippen molar-refractivity contribution in [3.63, 3.8) is 0 Å². The Kier molecular flexibility index (Phi) is 7.55. The fourth-order valence-electron chi connectivity index (χ4n) is 3.14. The second-order valence-electron chi connectivity index (χ2n) is 7.34. The Bertz CT molecular complexity index is 1020. The van der Waals surface area contributed by atoms with Crippen LogP contribution >= 0.6 is 0 Å². The molecular formula is C21H27N3O5S. The van der Waals surface area contributed by atoms with Gasteiger partial charge in [-0.15, -0.1) is 0 Å². The lowest BCUT2D eigenvalue weighted by atomic mass is 10.1. The summed E-state index contributed by atoms with van der Waals surface area (Å²) < 4.78 is 25.8. The standard InChI is InChI=1S/C21H27N3O5S/c1-15-7-10-18(11-8-15)6-5-13-22-21(25)17(3)23(30(4,28)29)20-14-19(24(26)27)12-9-16(20)2/h7-12,14,17H,5-6,13H2,1-4H3,(H,22,25)/t17-/m0/s1. The maximum atomic E-state index is 12.6.